The van der Waals surface area contributed by atoms with Crippen LogP contribution >= 0.6 is 0 Å². The van der Waals surface area contributed by atoms with Crippen molar-refractivity contribution in [3.05, 3.63) is 120 Å². The van der Waals surface area contributed by atoms with E-state index >= 15 is 0 Å². The van der Waals surface area contributed by atoms with Crippen LogP contribution in [0, 0.1) is 0 Å². The molecule has 4 aromatic rings. The highest BCUT2D eigenvalue weighted by molar-refractivity contribution is 6.08. The van der Waals surface area contributed by atoms with Gasteiger partial charge in [-0.2, -0.15) is 0 Å². The van der Waals surface area contributed by atoms with Gasteiger partial charge in [-0.05, 0) is 75.0 Å². The second-order valence-corrected chi connectivity index (χ2v) is 11.3. The van der Waals surface area contributed by atoms with Gasteiger partial charge in [0.05, 0.1) is 5.69 Å². The Kier molecular flexibility index (Phi) is 6.18. The third-order valence-corrected chi connectivity index (χ3v) is 8.67. The van der Waals surface area contributed by atoms with Gasteiger partial charge >= 0.3 is 0 Å². The number of rotatable bonds is 6. The molecule has 0 amide bonds. The molecule has 3 aromatic carbocycles. The Labute approximate surface area is 240 Å². The van der Waals surface area contributed by atoms with Gasteiger partial charge in [-0.1, -0.05) is 68.5 Å². The lowest BCUT2D eigenvalue weighted by Gasteiger charge is -2.26. The van der Waals surface area contributed by atoms with E-state index in [0.29, 0.717) is 0 Å². The molecule has 3 heterocycles. The number of ether oxygens (including phenoxy) is 2. The predicted molar refractivity (Wildman–Crippen MR) is 165 cm³/mol. The second kappa shape index (κ2) is 9.91. The number of nitrogens with one attached hydrogen (secondary N) is 3. The number of methoxy groups -OCH3 is 1. The molecule has 6 nitrogen and oxygen atoms in total. The molecule has 1 aromatic heterocycles. The van der Waals surface area contributed by atoms with Crippen LogP contribution < -0.4 is 16.0 Å². The molecule has 6 heteroatoms. The van der Waals surface area contributed by atoms with Gasteiger partial charge in [-0.15, -0.1) is 0 Å². The third-order valence-electron chi connectivity index (χ3n) is 8.67. The molecule has 0 saturated heterocycles. The first-order valence-corrected chi connectivity index (χ1v) is 14.1. The molecule has 3 N–H and O–H groups in total. The van der Waals surface area contributed by atoms with Crippen LogP contribution in [0.4, 0.5) is 0 Å². The molecule has 0 bridgehead atoms. The Morgan fingerprint density at radius 3 is 2.46 bits per heavy atom. The number of benzene rings is 3. The standard InChI is InChI=1S/C35H34N4O2/c1-35(2)28-17-21(22-10-13-30(38-19-22)33(36-3)40-4)9-12-26(28)32-25-8-6-5-7-24(25)27(18-29(32)35)23-11-14-31(39-20-23)34-37-15-16-41-34/h5-20,31,33-34,36-37,39H,1-4H3. The number of hydrogen-bond acceptors (Lipinski definition) is 6. The van der Waals surface area contributed by atoms with Gasteiger partial charge in [0.15, 0.2) is 12.5 Å². The van der Waals surface area contributed by atoms with Crippen LogP contribution in [0.1, 0.15) is 42.5 Å². The molecular formula is C35H34N4O2. The Morgan fingerprint density at radius 2 is 1.78 bits per heavy atom. The van der Waals surface area contributed by atoms with Gasteiger partial charge < -0.3 is 20.1 Å². The summed E-state index contributed by atoms with van der Waals surface area (Å²) in [4.78, 5) is 4.68. The normalized spacial score (nSPS) is 20.5. The topological polar surface area (TPSA) is 67.4 Å². The molecule has 0 spiro atoms. The van der Waals surface area contributed by atoms with Crippen LogP contribution in [0.3, 0.4) is 0 Å². The summed E-state index contributed by atoms with van der Waals surface area (Å²) in [5.41, 5.74) is 10.7. The molecule has 0 saturated carbocycles. The van der Waals surface area contributed by atoms with Crippen molar-refractivity contribution in [2.45, 2.75) is 37.8 Å². The van der Waals surface area contributed by atoms with Crippen molar-refractivity contribution in [2.75, 3.05) is 14.2 Å². The maximum Gasteiger partial charge on any atom is 0.192 e. The highest BCUT2D eigenvalue weighted by Crippen LogP contribution is 2.53. The van der Waals surface area contributed by atoms with E-state index in [0.717, 1.165) is 16.8 Å². The molecule has 3 atom stereocenters. The van der Waals surface area contributed by atoms with Gasteiger partial charge in [0.1, 0.15) is 12.3 Å². The number of aromatic nitrogens is 1. The number of fused-ring (bicyclic) bond motifs is 5. The van der Waals surface area contributed by atoms with Crippen molar-refractivity contribution < 1.29 is 9.47 Å². The molecule has 2 aliphatic heterocycles. The lowest BCUT2D eigenvalue weighted by Crippen LogP contribution is -2.42. The summed E-state index contributed by atoms with van der Waals surface area (Å²) in [6, 6.07) is 22.3. The van der Waals surface area contributed by atoms with Crippen LogP contribution in [-0.4, -0.2) is 31.4 Å². The molecular weight excluding hydrogens is 508 g/mol. The summed E-state index contributed by atoms with van der Waals surface area (Å²) in [5, 5.41) is 12.4. The first-order chi connectivity index (χ1) is 20.0. The Balaban J connectivity index is 1.29. The average Bonchev–Trinajstić information content (AvgIpc) is 3.63. The summed E-state index contributed by atoms with van der Waals surface area (Å²) in [7, 11) is 3.55. The molecule has 0 radical (unpaired) electrons. The second-order valence-electron chi connectivity index (χ2n) is 11.3. The number of allylic oxidation sites excluding steroid dienone is 2. The predicted octanol–water partition coefficient (Wildman–Crippen LogP) is 6.36. The van der Waals surface area contributed by atoms with E-state index in [-0.39, 0.29) is 23.9 Å². The highest BCUT2D eigenvalue weighted by Gasteiger charge is 2.37. The molecule has 3 aliphatic rings. The summed E-state index contributed by atoms with van der Waals surface area (Å²) in [6.45, 7) is 4.68. The Morgan fingerprint density at radius 1 is 0.951 bits per heavy atom. The van der Waals surface area contributed by atoms with E-state index < -0.39 is 0 Å². The van der Waals surface area contributed by atoms with Crippen LogP contribution in [0.25, 0.3) is 38.6 Å². The van der Waals surface area contributed by atoms with Crippen molar-refractivity contribution in [3.63, 3.8) is 0 Å². The van der Waals surface area contributed by atoms with Crippen LogP contribution in [0.15, 0.2) is 97.7 Å². The van der Waals surface area contributed by atoms with Crippen LogP contribution in [-0.2, 0) is 14.9 Å². The molecule has 3 unspecified atom stereocenters. The first-order valence-electron chi connectivity index (χ1n) is 14.1. The quantitative estimate of drug-likeness (QED) is 0.247. The lowest BCUT2D eigenvalue weighted by atomic mass is 9.80. The van der Waals surface area contributed by atoms with Crippen molar-refractivity contribution >= 4 is 16.3 Å². The third kappa shape index (κ3) is 4.14. The van der Waals surface area contributed by atoms with Crippen LogP contribution in [0.2, 0.25) is 0 Å². The smallest absolute Gasteiger partial charge is 0.192 e. The molecule has 206 valence electrons. The van der Waals surface area contributed by atoms with Gasteiger partial charge in [-0.3, -0.25) is 10.3 Å². The zero-order valence-electron chi connectivity index (χ0n) is 23.7. The maximum atomic E-state index is 5.65. The molecule has 7 rings (SSSR count). The summed E-state index contributed by atoms with van der Waals surface area (Å²) in [6.07, 6.45) is 11.7. The number of nitrogens with zero attached hydrogens (tertiary/aromatic N) is 1. The number of pyridine rings is 1. The monoisotopic (exact) mass is 542 g/mol. The summed E-state index contributed by atoms with van der Waals surface area (Å²) >= 11 is 0. The zero-order chi connectivity index (χ0) is 28.1. The van der Waals surface area contributed by atoms with Gasteiger partial charge in [0.2, 0.25) is 0 Å². The fraction of sp³-hybridized carbons (Fsp3) is 0.229. The highest BCUT2D eigenvalue weighted by atomic mass is 16.5. The van der Waals surface area contributed by atoms with Crippen molar-refractivity contribution in [1.82, 2.24) is 20.9 Å². The minimum absolute atomic E-state index is 0.0655. The van der Waals surface area contributed by atoms with E-state index in [1.807, 2.05) is 25.5 Å². The average molecular weight is 543 g/mol. The van der Waals surface area contributed by atoms with Crippen molar-refractivity contribution in [2.24, 2.45) is 0 Å². The minimum Gasteiger partial charge on any atom is -0.474 e. The van der Waals surface area contributed by atoms with E-state index in [4.69, 9.17) is 9.47 Å². The van der Waals surface area contributed by atoms with Crippen molar-refractivity contribution in [1.29, 1.82) is 0 Å². The fourth-order valence-electron chi connectivity index (χ4n) is 6.46. The van der Waals surface area contributed by atoms with Crippen LogP contribution in [0.5, 0.6) is 0 Å². The number of hydrogen-bond donors (Lipinski definition) is 3. The first kappa shape index (κ1) is 25.6. The van der Waals surface area contributed by atoms with E-state index in [1.54, 1.807) is 13.4 Å². The van der Waals surface area contributed by atoms with E-state index in [2.05, 4.69) is 108 Å². The maximum absolute atomic E-state index is 5.65. The van der Waals surface area contributed by atoms with Gasteiger partial charge in [0.25, 0.3) is 0 Å². The molecule has 0 fully saturated rings. The molecule has 1 aliphatic carbocycles. The Hall–Kier alpha value is -4.39. The van der Waals surface area contributed by atoms with Gasteiger partial charge in [0, 0.05) is 36.7 Å². The van der Waals surface area contributed by atoms with E-state index in [9.17, 15) is 0 Å². The fourth-order valence-corrected chi connectivity index (χ4v) is 6.46. The Bertz CT molecular complexity index is 1720. The number of dihydropyridines is 1. The zero-order valence-corrected chi connectivity index (χ0v) is 23.7. The lowest BCUT2D eigenvalue weighted by molar-refractivity contribution is 0.0774. The summed E-state index contributed by atoms with van der Waals surface area (Å²) in [5.74, 6) is 0. The molecule has 41 heavy (non-hydrogen) atoms. The minimum atomic E-state index is -0.222. The van der Waals surface area contributed by atoms with Crippen molar-refractivity contribution in [3.8, 4) is 22.3 Å². The van der Waals surface area contributed by atoms with E-state index in [1.165, 1.54) is 44.2 Å². The largest absolute Gasteiger partial charge is 0.474 e. The SMILES string of the molecule is CNC(OC)c1ccc(-c2ccc3c(c2)C(C)(C)c2cc(C4=CNC(C5NC=CO5)C=C4)c4ccccc4c2-3)cn1. The summed E-state index contributed by atoms with van der Waals surface area (Å²) < 4.78 is 11.1. The van der Waals surface area contributed by atoms with Gasteiger partial charge in [-0.25, -0.2) is 0 Å².